The highest BCUT2D eigenvalue weighted by Crippen LogP contribution is 2.45. The summed E-state index contributed by atoms with van der Waals surface area (Å²) in [6.07, 6.45) is 129. The number of aliphatic hydroxyl groups is 2. The zero-order valence-electron chi connectivity index (χ0n) is 79.2. The molecule has 716 valence electrons. The first kappa shape index (κ1) is 120. The smallest absolute Gasteiger partial charge is 0.463 e. The van der Waals surface area contributed by atoms with Gasteiger partial charge in [0.25, 0.3) is 0 Å². The number of carbonyl (C=O) groups is 3. The molecule has 125 heavy (non-hydrogen) atoms. The maximum absolute atomic E-state index is 13.1. The van der Waals surface area contributed by atoms with Gasteiger partial charge in [0, 0.05) is 19.3 Å². The van der Waals surface area contributed by atoms with Gasteiger partial charge in [-0.2, -0.15) is 0 Å². The summed E-state index contributed by atoms with van der Waals surface area (Å²) in [5.41, 5.74) is 0. The van der Waals surface area contributed by atoms with Crippen LogP contribution in [0.1, 0.15) is 419 Å². The normalized spacial score (nSPS) is 14.5. The van der Waals surface area contributed by atoms with Crippen molar-refractivity contribution in [1.82, 2.24) is 0 Å². The summed E-state index contributed by atoms with van der Waals surface area (Å²) < 4.78 is 61.7. The van der Waals surface area contributed by atoms with Crippen LogP contribution in [0.5, 0.6) is 0 Å². The quantitative estimate of drug-likeness (QED) is 0.0146. The first-order chi connectivity index (χ1) is 61.2. The van der Waals surface area contributed by atoms with Crippen LogP contribution >= 0.6 is 15.6 Å². The van der Waals surface area contributed by atoms with Gasteiger partial charge < -0.3 is 34.2 Å². The molecular weight excluding hydrogens is 1600 g/mol. The van der Waals surface area contributed by atoms with Crippen molar-refractivity contribution in [2.24, 2.45) is 0 Å². The molecule has 0 saturated heterocycles. The second-order valence-electron chi connectivity index (χ2n) is 33.2. The first-order valence-electron chi connectivity index (χ1n) is 50.1. The molecule has 5 unspecified atom stereocenters. The van der Waals surface area contributed by atoms with Crippen LogP contribution in [0.25, 0.3) is 0 Å². The molecular formula is C107H182O16P2. The predicted molar refractivity (Wildman–Crippen MR) is 528 cm³/mol. The molecule has 18 heteroatoms. The van der Waals surface area contributed by atoms with Crippen molar-refractivity contribution >= 4 is 33.6 Å². The lowest BCUT2D eigenvalue weighted by molar-refractivity contribution is -0.161. The summed E-state index contributed by atoms with van der Waals surface area (Å²) in [6, 6.07) is 0. The molecule has 0 aromatic heterocycles. The monoisotopic (exact) mass is 1790 g/mol. The summed E-state index contributed by atoms with van der Waals surface area (Å²) in [7, 11) is -9.82. The number of allylic oxidation sites excluding steroid dienone is 30. The fraction of sp³-hybridized carbons (Fsp3) is 0.692. The van der Waals surface area contributed by atoms with Crippen LogP contribution in [0, 0.1) is 0 Å². The van der Waals surface area contributed by atoms with Gasteiger partial charge >= 0.3 is 33.6 Å². The van der Waals surface area contributed by atoms with Crippen LogP contribution in [0.2, 0.25) is 0 Å². The average molecular weight is 1790 g/mol. The van der Waals surface area contributed by atoms with Gasteiger partial charge in [-0.3, -0.25) is 32.5 Å². The molecule has 0 aromatic rings. The molecule has 0 heterocycles. The predicted octanol–water partition coefficient (Wildman–Crippen LogP) is 31.6. The Hall–Kier alpha value is -5.35. The standard InChI is InChI=1S/C107H182O16P2/c1-4-7-10-13-16-19-22-25-28-31-34-37-40-43-45-47-49-50-52-54-55-58-60-63-66-69-72-75-78-81-84-87-90-93-105(110)117-96-102(108)97-119-124(113,114)120-98-103(109)99-121-125(115,116)122-101-104(123-107(112)95-92-89-86-83-80-77-74-71-68-65-62-57-42-39-36-33-30-27-24-21-18-15-12-9-6-3)100-118-106(111)94-91-88-85-82-79-76-73-70-67-64-61-59-56-53-51-48-46-44-41-38-35-32-29-26-23-20-17-14-11-8-5-2/h7-8,10-11,16-21,25-30,34-39,43-46,51,53,57,62,102-104,108-109H,4-6,9,12-15,22-24,31-33,40-42,47-50,52,54-56,58-61,63-101H2,1-3H3,(H,113,114)(H,115,116)/b10-7-,11-8-,19-16-,20-17-,21-18-,28-25-,29-26-,30-27-,37-34-,38-35-,39-36-,45-43-,46-44-,53-51-,62-57-. The van der Waals surface area contributed by atoms with E-state index in [-0.39, 0.29) is 19.3 Å². The second kappa shape index (κ2) is 97.7. The molecule has 16 nitrogen and oxygen atoms in total. The summed E-state index contributed by atoms with van der Waals surface area (Å²) >= 11 is 0. The van der Waals surface area contributed by atoms with Gasteiger partial charge in [-0.15, -0.1) is 0 Å². The van der Waals surface area contributed by atoms with Crippen LogP contribution in [0.3, 0.4) is 0 Å². The number of phosphoric ester groups is 2. The molecule has 0 aromatic carbocycles. The van der Waals surface area contributed by atoms with E-state index in [2.05, 4.69) is 203 Å². The Labute approximate surface area is 764 Å². The zero-order valence-corrected chi connectivity index (χ0v) is 81.0. The highest BCUT2D eigenvalue weighted by molar-refractivity contribution is 7.47. The van der Waals surface area contributed by atoms with E-state index in [0.29, 0.717) is 19.3 Å². The molecule has 0 radical (unpaired) electrons. The highest BCUT2D eigenvalue weighted by Gasteiger charge is 2.30. The lowest BCUT2D eigenvalue weighted by atomic mass is 10.0. The lowest BCUT2D eigenvalue weighted by Gasteiger charge is -2.21. The van der Waals surface area contributed by atoms with E-state index in [1.165, 1.54) is 186 Å². The van der Waals surface area contributed by atoms with Crippen LogP contribution in [-0.4, -0.2) is 95.9 Å². The Morgan fingerprint density at radius 2 is 0.424 bits per heavy atom. The van der Waals surface area contributed by atoms with E-state index in [4.69, 9.17) is 32.3 Å². The SMILES string of the molecule is CC/C=C\C/C=C\C/C=C\C/C=C\C/C=C\C/C=C\CCCCCCCCCCCCCCC(=O)OCC(COP(=O)(O)OCC(O)COP(=O)(O)OCC(O)COC(=O)CCCCCCCCCCCCCCCCCCC/C=C\C/C=C\C/C=C\C/C=C\C/C=C\CC)OC(=O)CCCCCCCCCCC/C=C\C/C=C\C/C=C\C/C=C\CCCCC. The van der Waals surface area contributed by atoms with E-state index < -0.39 is 91.5 Å². The number of hydrogen-bond donors (Lipinski definition) is 4. The molecule has 0 saturated carbocycles. The Balaban J connectivity index is 4.61. The Bertz CT molecular complexity index is 3000. The minimum atomic E-state index is -4.95. The molecule has 0 amide bonds. The van der Waals surface area contributed by atoms with E-state index >= 15 is 0 Å². The molecule has 0 aliphatic heterocycles. The minimum absolute atomic E-state index is 0.0931. The molecule has 0 rings (SSSR count). The third-order valence-electron chi connectivity index (χ3n) is 21.1. The molecule has 0 fully saturated rings. The van der Waals surface area contributed by atoms with Crippen molar-refractivity contribution in [3.05, 3.63) is 182 Å². The lowest BCUT2D eigenvalue weighted by Crippen LogP contribution is -2.30. The summed E-state index contributed by atoms with van der Waals surface area (Å²) in [5, 5.41) is 20.8. The van der Waals surface area contributed by atoms with Crippen molar-refractivity contribution in [2.45, 2.75) is 437 Å². The van der Waals surface area contributed by atoms with E-state index in [1.807, 2.05) is 0 Å². The molecule has 0 aliphatic rings. The first-order valence-corrected chi connectivity index (χ1v) is 53.1. The van der Waals surface area contributed by atoms with Crippen molar-refractivity contribution in [3.63, 3.8) is 0 Å². The van der Waals surface area contributed by atoms with E-state index in [9.17, 15) is 43.5 Å². The number of ether oxygens (including phenoxy) is 3. The number of rotatable bonds is 94. The largest absolute Gasteiger partial charge is 0.472 e. The van der Waals surface area contributed by atoms with Crippen LogP contribution < -0.4 is 0 Å². The van der Waals surface area contributed by atoms with Gasteiger partial charge in [0.2, 0.25) is 0 Å². The van der Waals surface area contributed by atoms with Crippen LogP contribution in [-0.2, 0) is 55.8 Å². The van der Waals surface area contributed by atoms with Crippen molar-refractivity contribution in [2.75, 3.05) is 39.6 Å². The highest BCUT2D eigenvalue weighted by atomic mass is 31.2. The molecule has 0 spiro atoms. The Kier molecular flexibility index (Phi) is 93.5. The average Bonchev–Trinajstić information content (AvgIpc) is 0.899. The van der Waals surface area contributed by atoms with E-state index in [1.54, 1.807) is 0 Å². The van der Waals surface area contributed by atoms with Gasteiger partial charge in [0.1, 0.15) is 25.4 Å². The van der Waals surface area contributed by atoms with Crippen molar-refractivity contribution in [1.29, 1.82) is 0 Å². The van der Waals surface area contributed by atoms with Gasteiger partial charge in [0.05, 0.1) is 26.4 Å². The number of phosphoric acid groups is 2. The summed E-state index contributed by atoms with van der Waals surface area (Å²) in [5.74, 6) is -1.57. The summed E-state index contributed by atoms with van der Waals surface area (Å²) in [4.78, 5) is 59.2. The van der Waals surface area contributed by atoms with Gasteiger partial charge in [-0.1, -0.05) is 421 Å². The number of carbonyl (C=O) groups excluding carboxylic acids is 3. The van der Waals surface area contributed by atoms with Gasteiger partial charge in [-0.05, 0) is 161 Å². The third-order valence-corrected chi connectivity index (χ3v) is 23.0. The van der Waals surface area contributed by atoms with Crippen LogP contribution in [0.4, 0.5) is 0 Å². The molecule has 5 atom stereocenters. The number of esters is 3. The Morgan fingerprint density at radius 1 is 0.232 bits per heavy atom. The van der Waals surface area contributed by atoms with E-state index in [0.717, 1.165) is 173 Å². The van der Waals surface area contributed by atoms with Crippen molar-refractivity contribution < 1.29 is 75.8 Å². The summed E-state index contributed by atoms with van der Waals surface area (Å²) in [6.45, 7) is 2.48. The maximum atomic E-state index is 13.1. The molecule has 0 aliphatic carbocycles. The number of hydrogen-bond acceptors (Lipinski definition) is 14. The topological polar surface area (TPSA) is 231 Å². The zero-order chi connectivity index (χ0) is 90.7. The second-order valence-corrected chi connectivity index (χ2v) is 36.1. The number of unbranched alkanes of at least 4 members (excludes halogenated alkanes) is 41. The Morgan fingerprint density at radius 3 is 0.672 bits per heavy atom. The van der Waals surface area contributed by atoms with Crippen molar-refractivity contribution in [3.8, 4) is 0 Å². The number of aliphatic hydroxyl groups excluding tert-OH is 2. The fourth-order valence-electron chi connectivity index (χ4n) is 13.6. The maximum Gasteiger partial charge on any atom is 0.472 e. The fourth-order valence-corrected chi connectivity index (χ4v) is 15.2. The molecule has 4 N–H and O–H groups in total. The molecule has 0 bridgehead atoms. The minimum Gasteiger partial charge on any atom is -0.463 e. The van der Waals surface area contributed by atoms with Gasteiger partial charge in [-0.25, -0.2) is 9.13 Å². The van der Waals surface area contributed by atoms with Gasteiger partial charge in [0.15, 0.2) is 6.10 Å². The van der Waals surface area contributed by atoms with Crippen LogP contribution in [0.15, 0.2) is 182 Å². The third kappa shape index (κ3) is 99.1.